The van der Waals surface area contributed by atoms with Crippen LogP contribution >= 0.6 is 24.8 Å². The van der Waals surface area contributed by atoms with Crippen LogP contribution in [0.1, 0.15) is 54.0 Å². The average Bonchev–Trinajstić information content (AvgIpc) is 3.22. The van der Waals surface area contributed by atoms with Crippen molar-refractivity contribution in [2.24, 2.45) is 11.3 Å². The minimum Gasteiger partial charge on any atom is -0.147 e. The molecule has 0 spiro atoms. The second-order valence-corrected chi connectivity index (χ2v) is 19.9. The zero-order valence-electron chi connectivity index (χ0n) is 22.9. The molecule has 1 aliphatic carbocycles. The third-order valence-electron chi connectivity index (χ3n) is 5.87. The van der Waals surface area contributed by atoms with Gasteiger partial charge in [-0.2, -0.15) is 17.2 Å². The molecular weight excluding hydrogens is 563 g/mol. The number of allylic oxidation sites excluding steroid dienone is 4. The van der Waals surface area contributed by atoms with Gasteiger partial charge < -0.3 is 0 Å². The van der Waals surface area contributed by atoms with E-state index in [4.69, 9.17) is 0 Å². The summed E-state index contributed by atoms with van der Waals surface area (Å²) in [6.07, 6.45) is 4.48. The van der Waals surface area contributed by atoms with Gasteiger partial charge in [0.25, 0.3) is 0 Å². The standard InChI is InChI=1S/C20H21.C9H13.C2H6Si.2ClH.Zr/c1-20(2,3)14-15-12-17-10-7-11-18(19(17)13-15)16-8-5-4-6-9-16;1-6-5-7(2)9(4)8(6)3;1-3-2;;;/h4-13H,14H2,1-3H3;6H,1-4H3;1-2H3;2*1H;/q2*-1;;;;+2. The molecule has 0 N–H and O–H groups in total. The first-order chi connectivity index (χ1) is 15.4. The van der Waals surface area contributed by atoms with E-state index in [9.17, 15) is 0 Å². The van der Waals surface area contributed by atoms with E-state index in [-0.39, 0.29) is 30.2 Å². The molecule has 3 aromatic carbocycles. The molecular formula is C31H42Cl2SiZr. The summed E-state index contributed by atoms with van der Waals surface area (Å²) in [5, 5.41) is 2.73. The molecule has 1 unspecified atom stereocenters. The van der Waals surface area contributed by atoms with Crippen molar-refractivity contribution in [1.29, 1.82) is 0 Å². The van der Waals surface area contributed by atoms with Gasteiger partial charge in [-0.3, -0.25) is 6.08 Å². The van der Waals surface area contributed by atoms with Gasteiger partial charge in [0.05, 0.1) is 0 Å². The van der Waals surface area contributed by atoms with Gasteiger partial charge in [-0.1, -0.05) is 89.4 Å². The van der Waals surface area contributed by atoms with Gasteiger partial charge in [-0.25, -0.2) is 5.57 Å². The summed E-state index contributed by atoms with van der Waals surface area (Å²) in [6.45, 7) is 20.2. The van der Waals surface area contributed by atoms with Crippen molar-refractivity contribution < 1.29 is 23.3 Å². The molecule has 35 heavy (non-hydrogen) atoms. The molecule has 0 heterocycles. The van der Waals surface area contributed by atoms with Gasteiger partial charge >= 0.3 is 41.9 Å². The van der Waals surface area contributed by atoms with E-state index in [1.165, 1.54) is 44.2 Å². The Labute approximate surface area is 242 Å². The first-order valence-electron chi connectivity index (χ1n) is 11.9. The molecule has 3 aromatic rings. The van der Waals surface area contributed by atoms with Crippen LogP contribution in [0.15, 0.2) is 77.4 Å². The van der Waals surface area contributed by atoms with Crippen LogP contribution in [0, 0.1) is 17.4 Å². The minimum absolute atomic E-state index is 0. The molecule has 0 bridgehead atoms. The summed E-state index contributed by atoms with van der Waals surface area (Å²) >= 11 is 1.74. The quantitative estimate of drug-likeness (QED) is 0.202. The van der Waals surface area contributed by atoms with Gasteiger partial charge in [-0.15, -0.1) is 66.3 Å². The van der Waals surface area contributed by atoms with Crippen LogP contribution in [0.3, 0.4) is 0 Å². The van der Waals surface area contributed by atoms with Gasteiger partial charge in [0.15, 0.2) is 0 Å². The van der Waals surface area contributed by atoms with Crippen LogP contribution in [0.4, 0.5) is 0 Å². The predicted molar refractivity (Wildman–Crippen MR) is 160 cm³/mol. The number of halogens is 2. The Hall–Kier alpha value is -0.790. The van der Waals surface area contributed by atoms with E-state index < -0.39 is 0 Å². The summed E-state index contributed by atoms with van der Waals surface area (Å²) in [5.74, 6) is 0.560. The normalized spacial score (nSPS) is 14.6. The molecule has 0 saturated carbocycles. The molecule has 0 nitrogen and oxygen atoms in total. The molecule has 0 fully saturated rings. The topological polar surface area (TPSA) is 0 Å². The maximum atomic E-state index is 3.36. The maximum absolute atomic E-state index is 3.36. The second kappa shape index (κ2) is 15.5. The summed E-state index contributed by atoms with van der Waals surface area (Å²) in [7, 11) is 0. The Kier molecular flexibility index (Phi) is 15.1. The molecule has 1 atom stereocenters. The number of benzene rings is 2. The monoisotopic (exact) mass is 602 g/mol. The SMILES string of the molecule is CC(C)(C)Cc1cc2c(-c3ccccc3)cccc2[cH-]1.CC1=[C-]C(C)C(C)=C1C.C[Si](C)=[Zr+2].Cl.Cl. The molecule has 4 rings (SSSR count). The summed E-state index contributed by atoms with van der Waals surface area (Å²) in [4.78, 5) is 0. The van der Waals surface area contributed by atoms with Crippen LogP contribution < -0.4 is 0 Å². The van der Waals surface area contributed by atoms with Crippen LogP contribution in [-0.2, 0) is 29.8 Å². The van der Waals surface area contributed by atoms with Crippen molar-refractivity contribution in [2.75, 3.05) is 0 Å². The van der Waals surface area contributed by atoms with Crippen molar-refractivity contribution in [2.45, 2.75) is 68.0 Å². The van der Waals surface area contributed by atoms with E-state index in [0.29, 0.717) is 11.3 Å². The van der Waals surface area contributed by atoms with E-state index in [0.717, 1.165) is 6.42 Å². The van der Waals surface area contributed by atoms with Gasteiger partial charge in [-0.05, 0) is 17.4 Å². The third kappa shape index (κ3) is 11.0. The Morgan fingerprint density at radius 2 is 1.51 bits per heavy atom. The fourth-order valence-electron chi connectivity index (χ4n) is 4.04. The van der Waals surface area contributed by atoms with Crippen molar-refractivity contribution in [1.82, 2.24) is 0 Å². The molecule has 0 amide bonds. The average molecular weight is 605 g/mol. The summed E-state index contributed by atoms with van der Waals surface area (Å²) in [6, 6.07) is 21.9. The zero-order valence-corrected chi connectivity index (χ0v) is 28.0. The first kappa shape index (κ1) is 34.2. The second-order valence-electron chi connectivity index (χ2n) is 10.6. The van der Waals surface area contributed by atoms with E-state index in [2.05, 4.69) is 128 Å². The van der Waals surface area contributed by atoms with Crippen LogP contribution in [0.25, 0.3) is 21.9 Å². The molecule has 188 valence electrons. The van der Waals surface area contributed by atoms with Gasteiger partial charge in [0.2, 0.25) is 0 Å². The number of rotatable bonds is 2. The molecule has 1 aliphatic rings. The van der Waals surface area contributed by atoms with Crippen molar-refractivity contribution in [3.63, 3.8) is 0 Å². The van der Waals surface area contributed by atoms with Crippen LogP contribution in [-0.4, -0.2) is 5.43 Å². The number of hydrogen-bond acceptors (Lipinski definition) is 0. The van der Waals surface area contributed by atoms with Crippen LogP contribution in [0.2, 0.25) is 13.1 Å². The molecule has 0 radical (unpaired) electrons. The van der Waals surface area contributed by atoms with Gasteiger partial charge in [0.1, 0.15) is 0 Å². The fraction of sp³-hybridized carbons (Fsp3) is 0.387. The fourth-order valence-corrected chi connectivity index (χ4v) is 4.04. The Morgan fingerprint density at radius 1 is 0.943 bits per heavy atom. The largest absolute Gasteiger partial charge is 0.147 e. The Balaban J connectivity index is 0.000000649. The first-order valence-corrected chi connectivity index (χ1v) is 18.1. The van der Waals surface area contributed by atoms with E-state index in [1.54, 1.807) is 23.3 Å². The minimum atomic E-state index is 0. The van der Waals surface area contributed by atoms with Crippen molar-refractivity contribution in [3.8, 4) is 11.1 Å². The molecule has 0 aliphatic heterocycles. The maximum Gasteiger partial charge on any atom is -0.147 e. The third-order valence-corrected chi connectivity index (χ3v) is 5.87. The number of fused-ring (bicyclic) bond motifs is 1. The molecule has 4 heteroatoms. The summed E-state index contributed by atoms with van der Waals surface area (Å²) < 4.78 is 0. The van der Waals surface area contributed by atoms with E-state index in [1.807, 2.05) is 0 Å². The number of hydrogen-bond donors (Lipinski definition) is 0. The Bertz CT molecular complexity index is 1140. The smallest absolute Gasteiger partial charge is 0.147 e. The van der Waals surface area contributed by atoms with E-state index >= 15 is 0 Å². The van der Waals surface area contributed by atoms with Crippen LogP contribution in [0.5, 0.6) is 0 Å². The van der Waals surface area contributed by atoms with Crippen molar-refractivity contribution in [3.05, 3.63) is 89.0 Å². The Morgan fingerprint density at radius 3 is 1.94 bits per heavy atom. The molecule has 0 aromatic heterocycles. The molecule has 0 saturated heterocycles. The summed E-state index contributed by atoms with van der Waals surface area (Å²) in [5.41, 5.74) is 8.86. The predicted octanol–water partition coefficient (Wildman–Crippen LogP) is 10.2. The van der Waals surface area contributed by atoms with Crippen molar-refractivity contribution >= 4 is 41.0 Å². The van der Waals surface area contributed by atoms with Gasteiger partial charge in [0, 0.05) is 0 Å². The zero-order chi connectivity index (χ0) is 24.8.